The van der Waals surface area contributed by atoms with Gasteiger partial charge >= 0.3 is 18.0 Å². The van der Waals surface area contributed by atoms with Gasteiger partial charge in [-0.05, 0) is 102 Å². The molecule has 0 radical (unpaired) electrons. The molecule has 0 bridgehead atoms. The summed E-state index contributed by atoms with van der Waals surface area (Å²) in [6.45, 7) is 3.47. The number of rotatable bonds is 15. The fraction of sp³-hybridized carbons (Fsp3) is 0.0606. The number of fused-ring (bicyclic) bond motifs is 1. The summed E-state index contributed by atoms with van der Waals surface area (Å²) in [4.78, 5) is 23.6. The predicted octanol–water partition coefficient (Wildman–Crippen LogP) is 7.83. The van der Waals surface area contributed by atoms with Crippen LogP contribution in [0.25, 0.3) is 16.7 Å². The SMILES string of the molecule is Cc1cc(N=Nc2ccc(Nc3nc(F)nc(-[n+]4ccc(C(N)=O)cc4)n3)c3ccc(SOOO)cc23)c(C)cc1N=Nc1cc(SOOO)ccc1S(=O)(=O)O. The van der Waals surface area contributed by atoms with Gasteiger partial charge in [-0.1, -0.05) is 16.1 Å². The van der Waals surface area contributed by atoms with E-state index in [1.165, 1.54) is 41.2 Å². The highest BCUT2D eigenvalue weighted by Crippen LogP contribution is 2.38. The molecular weight excluding hydrogens is 812 g/mol. The van der Waals surface area contributed by atoms with Crippen LogP contribution in [-0.4, -0.2) is 44.3 Å². The first-order valence-corrected chi connectivity index (χ1v) is 18.7. The normalized spacial score (nSPS) is 11.9. The molecule has 57 heavy (non-hydrogen) atoms. The first-order valence-electron chi connectivity index (χ1n) is 15.8. The lowest BCUT2D eigenvalue weighted by Crippen LogP contribution is -2.33. The monoisotopic (exact) mass is 837 g/mol. The Balaban J connectivity index is 1.31. The van der Waals surface area contributed by atoms with Gasteiger partial charge in [0.05, 0.1) is 59.2 Å². The molecule has 24 heteroatoms. The van der Waals surface area contributed by atoms with Gasteiger partial charge in [0, 0.05) is 26.1 Å². The van der Waals surface area contributed by atoms with E-state index in [0.717, 1.165) is 18.1 Å². The van der Waals surface area contributed by atoms with Crippen molar-refractivity contribution in [3.05, 3.63) is 108 Å². The number of hydrogen-bond donors (Lipinski definition) is 5. The van der Waals surface area contributed by atoms with E-state index in [1.54, 1.807) is 56.3 Å². The number of benzene rings is 4. The van der Waals surface area contributed by atoms with Crippen molar-refractivity contribution < 1.29 is 56.0 Å². The van der Waals surface area contributed by atoms with E-state index in [-0.39, 0.29) is 28.0 Å². The average Bonchev–Trinajstić information content (AvgIpc) is 3.18. The van der Waals surface area contributed by atoms with Crippen LogP contribution >= 0.6 is 24.1 Å². The maximum Gasteiger partial charge on any atom is 0.445 e. The summed E-state index contributed by atoms with van der Waals surface area (Å²) in [7, 11) is -4.67. The molecule has 0 aliphatic carbocycles. The largest absolute Gasteiger partial charge is 0.445 e. The minimum Gasteiger partial charge on any atom is -0.366 e. The van der Waals surface area contributed by atoms with Crippen molar-refractivity contribution in [1.29, 1.82) is 0 Å². The number of primary amides is 1. The van der Waals surface area contributed by atoms with Crippen molar-refractivity contribution in [2.45, 2.75) is 28.5 Å². The minimum absolute atomic E-state index is 0.0789. The number of halogens is 1. The molecule has 6 aromatic rings. The number of nitrogens with zero attached hydrogens (tertiary/aromatic N) is 8. The van der Waals surface area contributed by atoms with E-state index in [4.69, 9.17) is 16.2 Å². The summed E-state index contributed by atoms with van der Waals surface area (Å²) >= 11 is 1.28. The van der Waals surface area contributed by atoms with Crippen molar-refractivity contribution in [1.82, 2.24) is 15.0 Å². The number of carbonyl (C=O) groups excluding carboxylic acids is 1. The molecule has 292 valence electrons. The van der Waals surface area contributed by atoms with Crippen LogP contribution in [-0.2, 0) is 28.9 Å². The maximum absolute atomic E-state index is 14.6. The number of azo groups is 2. The van der Waals surface area contributed by atoms with Crippen molar-refractivity contribution >= 4 is 85.3 Å². The predicted molar refractivity (Wildman–Crippen MR) is 199 cm³/mol. The molecule has 0 aliphatic rings. The van der Waals surface area contributed by atoms with E-state index in [1.807, 2.05) is 0 Å². The highest BCUT2D eigenvalue weighted by atomic mass is 32.2. The third-order valence-electron chi connectivity index (χ3n) is 7.73. The Labute approximate surface area is 329 Å². The molecule has 0 fully saturated rings. The summed E-state index contributed by atoms with van der Waals surface area (Å²) in [5, 5.41) is 45.8. The van der Waals surface area contributed by atoms with E-state index < -0.39 is 27.0 Å². The maximum atomic E-state index is 14.6. The standard InChI is InChI=1S/C33H25FN10O10S3/c1-17-14-27(42-43-28-16-21(56-54-52-47)4-8-29(28)57(48,49)50)18(2)13-26(17)41-40-25-7-6-24(22-5-3-20(15-23(22)25)55-53-51-46)36-32-37-31(34)38-33(39-32)44-11-9-19(10-12-44)30(35)45/h3-16H,1-2H3,(H5-,35,36,37,38,39,45,46,47,48,49,50)/p+1. The molecule has 0 aliphatic heterocycles. The second-order valence-corrected chi connectivity index (χ2v) is 14.4. The summed E-state index contributed by atoms with van der Waals surface area (Å²) in [5.41, 5.74) is 8.19. The zero-order chi connectivity index (χ0) is 40.7. The minimum atomic E-state index is -4.67. The van der Waals surface area contributed by atoms with Crippen LogP contribution < -0.4 is 15.6 Å². The quantitative estimate of drug-likeness (QED) is 0.0164. The van der Waals surface area contributed by atoms with Crippen molar-refractivity contribution in [3.8, 4) is 5.95 Å². The lowest BCUT2D eigenvalue weighted by atomic mass is 10.1. The Bertz CT molecular complexity index is 2660. The van der Waals surface area contributed by atoms with Crippen molar-refractivity contribution in [3.63, 3.8) is 0 Å². The fourth-order valence-corrected chi connectivity index (χ4v) is 6.48. The molecule has 0 saturated heterocycles. The molecule has 0 spiro atoms. The van der Waals surface area contributed by atoms with E-state index in [0.29, 0.717) is 61.6 Å². The smallest absolute Gasteiger partial charge is 0.366 e. The van der Waals surface area contributed by atoms with Crippen LogP contribution in [0.5, 0.6) is 0 Å². The summed E-state index contributed by atoms with van der Waals surface area (Å²) < 4.78 is 58.6. The molecular formula is C33H26FN10O10S3+. The molecule has 1 amide bonds. The van der Waals surface area contributed by atoms with Gasteiger partial charge in [0.1, 0.15) is 10.6 Å². The molecule has 2 heterocycles. The topological polar surface area (TPSA) is 279 Å². The van der Waals surface area contributed by atoms with Gasteiger partial charge in [0.15, 0.2) is 0 Å². The van der Waals surface area contributed by atoms with Crippen LogP contribution in [0.3, 0.4) is 0 Å². The summed E-state index contributed by atoms with van der Waals surface area (Å²) in [5.74, 6) is -0.850. The van der Waals surface area contributed by atoms with Gasteiger partial charge in [-0.3, -0.25) is 9.35 Å². The zero-order valence-electron chi connectivity index (χ0n) is 29.0. The third kappa shape index (κ3) is 10.1. The van der Waals surface area contributed by atoms with Gasteiger partial charge in [-0.15, -0.1) is 28.3 Å². The Morgan fingerprint density at radius 3 is 1.98 bits per heavy atom. The number of aromatic nitrogens is 4. The van der Waals surface area contributed by atoms with Crippen LogP contribution in [0.2, 0.25) is 0 Å². The lowest BCUT2D eigenvalue weighted by molar-refractivity contribution is -0.603. The number of nitrogens with two attached hydrogens (primary N) is 1. The van der Waals surface area contributed by atoms with Crippen LogP contribution in [0.15, 0.2) is 120 Å². The number of anilines is 2. The fourth-order valence-electron chi connectivity index (χ4n) is 5.09. The number of carbonyl (C=O) groups is 1. The highest BCUT2D eigenvalue weighted by molar-refractivity contribution is 7.94. The number of hydrogen-bond acceptors (Lipinski definition) is 19. The van der Waals surface area contributed by atoms with Crippen LogP contribution in [0.4, 0.5) is 38.8 Å². The van der Waals surface area contributed by atoms with Crippen molar-refractivity contribution in [2.75, 3.05) is 5.32 Å². The highest BCUT2D eigenvalue weighted by Gasteiger charge is 2.20. The first-order chi connectivity index (χ1) is 27.3. The summed E-state index contributed by atoms with van der Waals surface area (Å²) in [6.07, 6.45) is 1.82. The van der Waals surface area contributed by atoms with Gasteiger partial charge in [0.2, 0.25) is 5.91 Å². The second kappa shape index (κ2) is 17.9. The Kier molecular flexibility index (Phi) is 12.8. The Morgan fingerprint density at radius 2 is 1.37 bits per heavy atom. The van der Waals surface area contributed by atoms with E-state index in [9.17, 15) is 22.2 Å². The van der Waals surface area contributed by atoms with E-state index >= 15 is 0 Å². The van der Waals surface area contributed by atoms with Crippen LogP contribution in [0.1, 0.15) is 21.5 Å². The molecule has 20 nitrogen and oxygen atoms in total. The second-order valence-electron chi connectivity index (χ2n) is 11.4. The van der Waals surface area contributed by atoms with Gasteiger partial charge in [0.25, 0.3) is 10.1 Å². The van der Waals surface area contributed by atoms with Gasteiger partial charge in [-0.2, -0.15) is 18.6 Å². The lowest BCUT2D eigenvalue weighted by Gasteiger charge is -2.10. The summed E-state index contributed by atoms with van der Waals surface area (Å²) in [6, 6.07) is 18.2. The van der Waals surface area contributed by atoms with Crippen molar-refractivity contribution in [2.24, 2.45) is 26.2 Å². The average molecular weight is 838 g/mol. The molecule has 0 unspecified atom stereocenters. The number of aryl methyl sites for hydroxylation is 2. The third-order valence-corrected chi connectivity index (χ3v) is 9.78. The zero-order valence-corrected chi connectivity index (χ0v) is 31.5. The molecule has 0 atom stereocenters. The van der Waals surface area contributed by atoms with Gasteiger partial charge < -0.3 is 11.1 Å². The molecule has 0 saturated carbocycles. The van der Waals surface area contributed by atoms with Gasteiger partial charge in [-0.25, -0.2) is 15.1 Å². The number of amides is 1. The Morgan fingerprint density at radius 1 is 0.772 bits per heavy atom. The number of nitrogens with one attached hydrogen (secondary N) is 1. The molecule has 6 N–H and O–H groups in total. The first kappa shape index (κ1) is 40.7. The molecule has 2 aromatic heterocycles. The number of pyridine rings is 1. The Hall–Kier alpha value is -5.93. The van der Waals surface area contributed by atoms with Crippen LogP contribution in [0, 0.1) is 19.9 Å². The van der Waals surface area contributed by atoms with E-state index in [2.05, 4.69) is 59.5 Å². The molecule has 6 rings (SSSR count). The molecule has 4 aromatic carbocycles.